The first-order valence-corrected chi connectivity index (χ1v) is 19.9. The van der Waals surface area contributed by atoms with Crippen molar-refractivity contribution in [1.82, 2.24) is 20.7 Å². The third-order valence-corrected chi connectivity index (χ3v) is 10.2. The Labute approximate surface area is 350 Å². The van der Waals surface area contributed by atoms with Gasteiger partial charge in [0.1, 0.15) is 6.61 Å². The van der Waals surface area contributed by atoms with Crippen molar-refractivity contribution in [3.63, 3.8) is 0 Å². The van der Waals surface area contributed by atoms with Gasteiger partial charge in [-0.15, -0.1) is 0 Å². The monoisotopic (exact) mass is 905 g/mol. The average Bonchev–Trinajstić information content (AvgIpc) is 3.74. The summed E-state index contributed by atoms with van der Waals surface area (Å²) in [6, 6.07) is 32.1. The van der Waals surface area contributed by atoms with Crippen LogP contribution in [0.25, 0.3) is 22.3 Å². The molecule has 5 aromatic rings. The predicted molar refractivity (Wildman–Crippen MR) is 227 cm³/mol. The van der Waals surface area contributed by atoms with E-state index >= 15 is 0 Å². The lowest BCUT2D eigenvalue weighted by atomic mass is 9.92. The van der Waals surface area contributed by atoms with Crippen LogP contribution in [-0.4, -0.2) is 91.4 Å². The molecule has 0 spiro atoms. The first kappa shape index (κ1) is 45.1. The van der Waals surface area contributed by atoms with E-state index in [0.29, 0.717) is 19.4 Å². The van der Waals surface area contributed by atoms with Gasteiger partial charge in [0.05, 0.1) is 25.3 Å². The van der Waals surface area contributed by atoms with Gasteiger partial charge in [-0.2, -0.15) is 15.4 Å². The van der Waals surface area contributed by atoms with E-state index in [4.69, 9.17) is 19.9 Å². The number of aliphatic carboxylic acids is 1. The number of nitrogens with two attached hydrogens (primary N) is 1. The minimum Gasteiger partial charge on any atom is -0.481 e. The number of H-pyrrole nitrogens is 1. The number of halogens is 2. The lowest BCUT2D eigenvalue weighted by Gasteiger charge is -2.22. The second-order valence-electron chi connectivity index (χ2n) is 13.6. The molecule has 0 saturated heterocycles. The highest BCUT2D eigenvalue weighted by Crippen LogP contribution is 2.25. The molecule has 0 bridgehead atoms. The van der Waals surface area contributed by atoms with Gasteiger partial charge in [-0.25, -0.2) is 0 Å². The average molecular weight is 908 g/mol. The normalized spacial score (nSPS) is 13.1. The Morgan fingerprint density at radius 3 is 1.75 bits per heavy atom. The van der Waals surface area contributed by atoms with Crippen LogP contribution < -0.4 is 11.1 Å². The zero-order chi connectivity index (χ0) is 41.2. The Balaban J connectivity index is 0.000000257. The summed E-state index contributed by atoms with van der Waals surface area (Å²) in [6.07, 6.45) is 3.32. The Bertz CT molecular complexity index is 2000. The highest BCUT2D eigenvalue weighted by molar-refractivity contribution is 9.10. The molecule has 14 heteroatoms. The summed E-state index contributed by atoms with van der Waals surface area (Å²) in [7, 11) is 4.58. The van der Waals surface area contributed by atoms with Crippen molar-refractivity contribution in [1.29, 1.82) is 0 Å². The van der Waals surface area contributed by atoms with Crippen molar-refractivity contribution in [3.05, 3.63) is 129 Å². The molecular weight excluding hydrogens is 858 g/mol. The molecule has 1 heterocycles. The fourth-order valence-electron chi connectivity index (χ4n) is 6.34. The van der Waals surface area contributed by atoms with Gasteiger partial charge in [-0.1, -0.05) is 105 Å². The number of carboxylic acids is 1. The van der Waals surface area contributed by atoms with Crippen molar-refractivity contribution in [2.75, 3.05) is 41.2 Å². The van der Waals surface area contributed by atoms with Gasteiger partial charge < -0.3 is 30.4 Å². The number of aromatic amines is 1. The molecule has 4 aromatic carbocycles. The molecule has 5 rings (SSSR count). The van der Waals surface area contributed by atoms with Crippen molar-refractivity contribution in [2.45, 2.75) is 37.8 Å². The fraction of sp³-hybridized carbons (Fsp3) is 0.326. The number of carbonyl (C=O) groups is 3. The number of aromatic nitrogens is 3. The summed E-state index contributed by atoms with van der Waals surface area (Å²) in [5.74, 6) is -2.31. The number of carboxylic acid groups (broad SMARTS) is 1. The number of rotatable bonds is 20. The maximum absolute atomic E-state index is 12.5. The lowest BCUT2D eigenvalue weighted by Crippen LogP contribution is -2.40. The van der Waals surface area contributed by atoms with Crippen LogP contribution in [0.1, 0.15) is 34.5 Å². The van der Waals surface area contributed by atoms with Crippen LogP contribution >= 0.6 is 31.9 Å². The fourth-order valence-corrected chi connectivity index (χ4v) is 7.14. The summed E-state index contributed by atoms with van der Waals surface area (Å²) in [4.78, 5) is 36.2. The number of benzene rings is 4. The van der Waals surface area contributed by atoms with E-state index in [1.165, 1.54) is 26.0 Å². The van der Waals surface area contributed by atoms with Crippen LogP contribution in [-0.2, 0) is 36.6 Å². The molecule has 57 heavy (non-hydrogen) atoms. The van der Waals surface area contributed by atoms with Gasteiger partial charge in [0.15, 0.2) is 11.5 Å². The molecule has 302 valence electrons. The van der Waals surface area contributed by atoms with E-state index in [2.05, 4.69) is 89.0 Å². The predicted octanol–water partition coefficient (Wildman–Crippen LogP) is 7.17. The summed E-state index contributed by atoms with van der Waals surface area (Å²) in [5, 5.41) is 22.2. The molecule has 4 atom stereocenters. The van der Waals surface area contributed by atoms with Crippen LogP contribution in [0.5, 0.6) is 0 Å². The number of hydrogen-bond acceptors (Lipinski definition) is 9. The van der Waals surface area contributed by atoms with E-state index in [1.54, 1.807) is 7.11 Å². The molecular formula is C43H49Br2N5O7. The number of hydrogen-bond donors (Lipinski definition) is 4. The summed E-state index contributed by atoms with van der Waals surface area (Å²) in [5.41, 5.74) is 13.1. The standard InChI is InChI=1S/C22H23BrN4O4.C21H26BrNO3/c1-31-13-17(22(29)30)11-19(25-21(28)20-12-24-27-26-20)9-14-5-7-15(8-6-14)16-3-2-4-18(23)10-16;1-25-13-18(21(24)14-26-2)12-20(23)10-15-6-8-16(9-7-15)17-4-3-5-19(22)11-17/h2-8,10,12,17,19H,9,11,13H2,1H3,(H,25,28)(H,29,30)(H,24,26,27);3-9,11,18,20H,10,12-14,23H2,1-2H3/t17-,19+;18-,20-/m00/s1. The van der Waals surface area contributed by atoms with Gasteiger partial charge in [-0.3, -0.25) is 14.4 Å². The topological polar surface area (TPSA) is 179 Å². The molecule has 5 N–H and O–H groups in total. The van der Waals surface area contributed by atoms with Gasteiger partial charge in [0.2, 0.25) is 0 Å². The largest absolute Gasteiger partial charge is 0.481 e. The molecule has 0 unspecified atom stereocenters. The first-order valence-electron chi connectivity index (χ1n) is 18.3. The second kappa shape index (κ2) is 23.6. The van der Waals surface area contributed by atoms with Gasteiger partial charge in [0.25, 0.3) is 5.91 Å². The van der Waals surface area contributed by atoms with Gasteiger partial charge >= 0.3 is 5.97 Å². The smallest absolute Gasteiger partial charge is 0.308 e. The minimum absolute atomic E-state index is 0.0369. The highest BCUT2D eigenvalue weighted by atomic mass is 79.9. The van der Waals surface area contributed by atoms with Crippen LogP contribution in [0.4, 0.5) is 0 Å². The first-order chi connectivity index (χ1) is 27.5. The summed E-state index contributed by atoms with van der Waals surface area (Å²) >= 11 is 6.98. The second-order valence-corrected chi connectivity index (χ2v) is 15.5. The van der Waals surface area contributed by atoms with E-state index in [-0.39, 0.29) is 43.1 Å². The third kappa shape index (κ3) is 15.0. The molecule has 0 radical (unpaired) electrons. The molecule has 12 nitrogen and oxygen atoms in total. The molecule has 1 aromatic heterocycles. The molecule has 0 saturated carbocycles. The van der Waals surface area contributed by atoms with E-state index in [0.717, 1.165) is 43.2 Å². The number of carbonyl (C=O) groups excluding carboxylic acids is 2. The zero-order valence-corrected chi connectivity index (χ0v) is 35.4. The number of methoxy groups -OCH3 is 3. The van der Waals surface area contributed by atoms with Gasteiger partial charge in [0, 0.05) is 48.3 Å². The van der Waals surface area contributed by atoms with Crippen molar-refractivity contribution in [3.8, 4) is 22.3 Å². The SMILES string of the molecule is COCC(=O)[C@H](COC)C[C@@H](N)Cc1ccc(-c2cccc(Br)c2)cc1.COC[C@H](C[C@@H](Cc1ccc(-c2cccc(Br)c2)cc1)NC(=O)c1cn[nH]n1)C(=O)O. The molecule has 0 aliphatic carbocycles. The third-order valence-electron chi connectivity index (χ3n) is 9.17. The minimum atomic E-state index is -0.965. The number of amides is 1. The van der Waals surface area contributed by atoms with Crippen molar-refractivity contribution >= 4 is 49.5 Å². The van der Waals surface area contributed by atoms with Crippen LogP contribution in [0.15, 0.2) is 112 Å². The van der Waals surface area contributed by atoms with E-state index in [9.17, 15) is 19.5 Å². The number of ether oxygens (including phenoxy) is 3. The van der Waals surface area contributed by atoms with Crippen LogP contribution in [0.2, 0.25) is 0 Å². The quantitative estimate of drug-likeness (QED) is 0.0626. The zero-order valence-electron chi connectivity index (χ0n) is 32.2. The van der Waals surface area contributed by atoms with Crippen molar-refractivity contribution in [2.24, 2.45) is 17.6 Å². The summed E-state index contributed by atoms with van der Waals surface area (Å²) in [6.45, 7) is 0.535. The maximum Gasteiger partial charge on any atom is 0.308 e. The van der Waals surface area contributed by atoms with Crippen molar-refractivity contribution < 1.29 is 33.7 Å². The Hall–Kier alpha value is -4.57. The number of ketones is 1. The van der Waals surface area contributed by atoms with Crippen LogP contribution in [0.3, 0.4) is 0 Å². The Kier molecular flexibility index (Phi) is 18.7. The van der Waals surface area contributed by atoms with E-state index in [1.807, 2.05) is 60.7 Å². The van der Waals surface area contributed by atoms with Gasteiger partial charge in [-0.05, 0) is 83.3 Å². The lowest BCUT2D eigenvalue weighted by molar-refractivity contribution is -0.144. The van der Waals surface area contributed by atoms with E-state index < -0.39 is 23.8 Å². The highest BCUT2D eigenvalue weighted by Gasteiger charge is 2.25. The van der Waals surface area contributed by atoms with Crippen LogP contribution in [0, 0.1) is 11.8 Å². The molecule has 0 fully saturated rings. The Morgan fingerprint density at radius 1 is 0.737 bits per heavy atom. The molecule has 1 amide bonds. The Morgan fingerprint density at radius 2 is 1.28 bits per heavy atom. The number of nitrogens with zero attached hydrogens (tertiary/aromatic N) is 2. The summed E-state index contributed by atoms with van der Waals surface area (Å²) < 4.78 is 17.2. The molecule has 0 aliphatic heterocycles. The maximum atomic E-state index is 12.5. The number of nitrogens with one attached hydrogen (secondary N) is 2. The molecule has 0 aliphatic rings. The number of Topliss-reactive ketones (excluding diaryl/α,β-unsaturated/α-hetero) is 1.